The lowest BCUT2D eigenvalue weighted by Crippen LogP contribution is -2.13. The molecule has 0 unspecified atom stereocenters. The number of carbonyl (C=O) groups excluding carboxylic acids is 1. The van der Waals surface area contributed by atoms with Crippen molar-refractivity contribution in [3.63, 3.8) is 0 Å². The fraction of sp³-hybridized carbons (Fsp3) is 0.300. The molecule has 0 aliphatic heterocycles. The zero-order valence-corrected chi connectivity index (χ0v) is 10.2. The minimum atomic E-state index is -4.40. The summed E-state index contributed by atoms with van der Waals surface area (Å²) in [5.74, 6) is -1.31. The van der Waals surface area contributed by atoms with E-state index in [9.17, 15) is 22.4 Å². The molecule has 0 aromatic heterocycles. The van der Waals surface area contributed by atoms with Crippen LogP contribution in [0.1, 0.15) is 16.8 Å². The van der Waals surface area contributed by atoms with Gasteiger partial charge in [0, 0.05) is 0 Å². The van der Waals surface area contributed by atoms with E-state index >= 15 is 0 Å². The van der Waals surface area contributed by atoms with Gasteiger partial charge in [-0.15, -0.1) is 0 Å². The number of aldehydes is 1. The van der Waals surface area contributed by atoms with Crippen LogP contribution in [0.5, 0.6) is 5.75 Å². The van der Waals surface area contributed by atoms with Gasteiger partial charge >= 0.3 is 6.18 Å². The van der Waals surface area contributed by atoms with Crippen LogP contribution in [-0.4, -0.2) is 19.1 Å². The topological polar surface area (TPSA) is 26.3 Å². The van der Waals surface area contributed by atoms with Crippen molar-refractivity contribution in [2.75, 3.05) is 6.61 Å². The third-order valence-corrected chi connectivity index (χ3v) is 2.57. The van der Waals surface area contributed by atoms with E-state index in [0.29, 0.717) is 0 Å². The van der Waals surface area contributed by atoms with Gasteiger partial charge in [-0.05, 0) is 6.07 Å². The van der Waals surface area contributed by atoms with Crippen LogP contribution in [0.25, 0.3) is 0 Å². The molecule has 0 heterocycles. The van der Waals surface area contributed by atoms with E-state index in [1.807, 2.05) is 0 Å². The van der Waals surface area contributed by atoms with Crippen LogP contribution in [0.15, 0.2) is 6.07 Å². The van der Waals surface area contributed by atoms with Gasteiger partial charge in [-0.3, -0.25) is 4.79 Å². The summed E-state index contributed by atoms with van der Waals surface area (Å²) in [7, 11) is 0. The van der Waals surface area contributed by atoms with Gasteiger partial charge < -0.3 is 4.74 Å². The number of hydrogen-bond acceptors (Lipinski definition) is 2. The summed E-state index contributed by atoms with van der Waals surface area (Å²) in [6.45, 7) is -0.729. The third-order valence-electron chi connectivity index (χ3n) is 1.91. The Hall–Kier alpha value is -1.01. The first-order chi connectivity index (χ1) is 8.26. The van der Waals surface area contributed by atoms with Crippen molar-refractivity contribution < 1.29 is 27.1 Å². The highest BCUT2D eigenvalue weighted by atomic mass is 35.5. The molecule has 1 aromatic carbocycles. The maximum atomic E-state index is 13.2. The highest BCUT2D eigenvalue weighted by molar-refractivity contribution is 6.38. The van der Waals surface area contributed by atoms with E-state index in [1.54, 1.807) is 0 Å². The number of rotatable bonds is 4. The lowest BCUT2D eigenvalue weighted by atomic mass is 10.2. The molecule has 0 radical (unpaired) electrons. The number of carbonyl (C=O) groups is 1. The quantitative estimate of drug-likeness (QED) is 0.613. The number of benzene rings is 1. The van der Waals surface area contributed by atoms with Crippen molar-refractivity contribution in [2.45, 2.75) is 12.6 Å². The highest BCUT2D eigenvalue weighted by Crippen LogP contribution is 2.37. The Morgan fingerprint density at radius 1 is 1.33 bits per heavy atom. The van der Waals surface area contributed by atoms with Gasteiger partial charge in [0.1, 0.15) is 5.82 Å². The summed E-state index contributed by atoms with van der Waals surface area (Å²) in [5, 5.41) is -0.748. The second kappa shape index (κ2) is 5.75. The van der Waals surface area contributed by atoms with Crippen molar-refractivity contribution in [3.8, 4) is 5.75 Å². The molecule has 0 aliphatic rings. The molecule has 0 saturated heterocycles. The standard InChI is InChI=1S/C10H6Cl2F4O2/c11-6-3-7(13)5(4-17)8(12)9(6)18-2-1-10(14,15)16/h3-4H,1-2H2. The molecule has 0 saturated carbocycles. The van der Waals surface area contributed by atoms with Crippen LogP contribution < -0.4 is 4.74 Å². The van der Waals surface area contributed by atoms with Gasteiger partial charge in [-0.25, -0.2) is 4.39 Å². The fourth-order valence-electron chi connectivity index (χ4n) is 1.10. The summed E-state index contributed by atoms with van der Waals surface area (Å²) in [4.78, 5) is 10.5. The van der Waals surface area contributed by atoms with Gasteiger partial charge in [-0.1, -0.05) is 23.2 Å². The second-order valence-corrected chi connectivity index (χ2v) is 4.01. The molecule has 0 amide bonds. The summed E-state index contributed by atoms with van der Waals surface area (Å²) in [6.07, 6.45) is -5.48. The number of hydrogen-bond donors (Lipinski definition) is 0. The fourth-order valence-corrected chi connectivity index (χ4v) is 1.68. The molecule has 0 bridgehead atoms. The van der Waals surface area contributed by atoms with Crippen LogP contribution in [0.2, 0.25) is 10.0 Å². The molecule has 0 atom stereocenters. The van der Waals surface area contributed by atoms with Crippen LogP contribution in [0, 0.1) is 5.82 Å². The smallest absolute Gasteiger partial charge is 0.392 e. The first-order valence-corrected chi connectivity index (χ1v) is 5.34. The first-order valence-electron chi connectivity index (χ1n) is 4.58. The molecule has 0 spiro atoms. The molecular formula is C10H6Cl2F4O2. The van der Waals surface area contributed by atoms with Crippen LogP contribution in [0.4, 0.5) is 17.6 Å². The third kappa shape index (κ3) is 3.74. The Balaban J connectivity index is 2.92. The van der Waals surface area contributed by atoms with Crippen LogP contribution >= 0.6 is 23.2 Å². The zero-order chi connectivity index (χ0) is 13.9. The normalized spacial score (nSPS) is 11.4. The maximum absolute atomic E-state index is 13.2. The molecule has 100 valence electrons. The van der Waals surface area contributed by atoms with Crippen molar-refractivity contribution in [1.29, 1.82) is 0 Å². The van der Waals surface area contributed by atoms with E-state index < -0.39 is 35.6 Å². The monoisotopic (exact) mass is 304 g/mol. The summed E-state index contributed by atoms with van der Waals surface area (Å²) < 4.78 is 53.6. The van der Waals surface area contributed by atoms with Gasteiger partial charge in [0.25, 0.3) is 0 Å². The molecule has 2 nitrogen and oxygen atoms in total. The summed E-state index contributed by atoms with van der Waals surface area (Å²) >= 11 is 11.2. The number of halogens is 6. The zero-order valence-electron chi connectivity index (χ0n) is 8.65. The van der Waals surface area contributed by atoms with Crippen molar-refractivity contribution >= 4 is 29.5 Å². The van der Waals surface area contributed by atoms with Crippen LogP contribution in [-0.2, 0) is 0 Å². The minimum Gasteiger partial charge on any atom is -0.490 e. The Morgan fingerprint density at radius 2 is 1.94 bits per heavy atom. The van der Waals surface area contributed by atoms with Crippen molar-refractivity contribution in [1.82, 2.24) is 0 Å². The first kappa shape index (κ1) is 15.0. The lowest BCUT2D eigenvalue weighted by molar-refractivity contribution is -0.139. The predicted molar refractivity (Wildman–Crippen MR) is 58.0 cm³/mol. The van der Waals surface area contributed by atoms with Crippen LogP contribution in [0.3, 0.4) is 0 Å². The minimum absolute atomic E-state index is 0.130. The van der Waals surface area contributed by atoms with Crippen molar-refractivity contribution in [2.24, 2.45) is 0 Å². The summed E-state index contributed by atoms with van der Waals surface area (Å²) in [5.41, 5.74) is -0.511. The van der Waals surface area contributed by atoms with E-state index in [-0.39, 0.29) is 17.1 Å². The Morgan fingerprint density at radius 3 is 2.44 bits per heavy atom. The highest BCUT2D eigenvalue weighted by Gasteiger charge is 2.27. The largest absolute Gasteiger partial charge is 0.490 e. The van der Waals surface area contributed by atoms with E-state index in [1.165, 1.54) is 0 Å². The average molecular weight is 305 g/mol. The average Bonchev–Trinajstić information content (AvgIpc) is 2.21. The molecule has 1 rings (SSSR count). The number of ether oxygens (including phenoxy) is 1. The Labute approximate surface area is 109 Å². The molecule has 0 N–H and O–H groups in total. The van der Waals surface area contributed by atoms with E-state index in [2.05, 4.69) is 0 Å². The van der Waals surface area contributed by atoms with Gasteiger partial charge in [-0.2, -0.15) is 13.2 Å². The number of alkyl halides is 3. The van der Waals surface area contributed by atoms with E-state index in [4.69, 9.17) is 27.9 Å². The Kier molecular flexibility index (Phi) is 4.81. The van der Waals surface area contributed by atoms with E-state index in [0.717, 1.165) is 6.07 Å². The molecule has 0 fully saturated rings. The predicted octanol–water partition coefficient (Wildman–Crippen LogP) is 4.28. The van der Waals surface area contributed by atoms with Gasteiger partial charge in [0.2, 0.25) is 0 Å². The second-order valence-electron chi connectivity index (χ2n) is 3.23. The van der Waals surface area contributed by atoms with Gasteiger partial charge in [0.15, 0.2) is 12.0 Å². The molecule has 0 aliphatic carbocycles. The molecule has 8 heteroatoms. The summed E-state index contributed by atoms with van der Waals surface area (Å²) in [6, 6.07) is 0.750. The molecule has 18 heavy (non-hydrogen) atoms. The molecular weight excluding hydrogens is 299 g/mol. The molecule has 1 aromatic rings. The SMILES string of the molecule is O=Cc1c(F)cc(Cl)c(OCCC(F)(F)F)c1Cl. The van der Waals surface area contributed by atoms with Gasteiger partial charge in [0.05, 0.1) is 28.6 Å². The maximum Gasteiger partial charge on any atom is 0.392 e. The lowest BCUT2D eigenvalue weighted by Gasteiger charge is -2.12. The Bertz CT molecular complexity index is 460. The van der Waals surface area contributed by atoms with Crippen molar-refractivity contribution in [3.05, 3.63) is 27.5 Å².